The molecule has 0 heterocycles. The van der Waals surface area contributed by atoms with E-state index in [1.807, 2.05) is 55.5 Å². The molecular formula is C21H28N4O2. The van der Waals surface area contributed by atoms with Gasteiger partial charge in [0.25, 0.3) is 0 Å². The Morgan fingerprint density at radius 1 is 1.07 bits per heavy atom. The van der Waals surface area contributed by atoms with E-state index in [1.54, 1.807) is 7.05 Å². The third-order valence-electron chi connectivity index (χ3n) is 3.92. The molecule has 0 spiro atoms. The van der Waals surface area contributed by atoms with E-state index in [-0.39, 0.29) is 5.91 Å². The standard InChI is InChI=1S/C21H28N4O2/c1-4-27-20-8-6-5-7-18(20)15-24-21(22-3)23-14-13-17-9-11-19(12-10-17)25-16(2)26/h5-12H,4,13-15H2,1-3H3,(H,25,26)(H2,22,23,24). The third kappa shape index (κ3) is 7.01. The molecule has 0 aliphatic rings. The number of ether oxygens (including phenoxy) is 1. The molecule has 2 aromatic carbocycles. The van der Waals surface area contributed by atoms with Gasteiger partial charge >= 0.3 is 0 Å². The number of nitrogens with one attached hydrogen (secondary N) is 3. The zero-order valence-corrected chi connectivity index (χ0v) is 16.2. The minimum atomic E-state index is -0.0646. The minimum absolute atomic E-state index is 0.0646. The second-order valence-corrected chi connectivity index (χ2v) is 6.02. The Morgan fingerprint density at radius 3 is 2.48 bits per heavy atom. The van der Waals surface area contributed by atoms with Gasteiger partial charge in [-0.05, 0) is 37.1 Å². The zero-order chi connectivity index (χ0) is 19.5. The van der Waals surface area contributed by atoms with Crippen molar-refractivity contribution in [2.45, 2.75) is 26.8 Å². The summed E-state index contributed by atoms with van der Waals surface area (Å²) >= 11 is 0. The van der Waals surface area contributed by atoms with Gasteiger partial charge in [0.05, 0.1) is 6.61 Å². The lowest BCUT2D eigenvalue weighted by atomic mass is 10.1. The van der Waals surface area contributed by atoms with E-state index in [0.29, 0.717) is 13.2 Å². The van der Waals surface area contributed by atoms with Crippen LogP contribution in [-0.2, 0) is 17.8 Å². The van der Waals surface area contributed by atoms with Crippen LogP contribution in [0.3, 0.4) is 0 Å². The first kappa shape index (κ1) is 20.3. The minimum Gasteiger partial charge on any atom is -0.494 e. The lowest BCUT2D eigenvalue weighted by Gasteiger charge is -2.14. The molecule has 27 heavy (non-hydrogen) atoms. The first-order valence-electron chi connectivity index (χ1n) is 9.14. The van der Waals surface area contributed by atoms with Gasteiger partial charge in [-0.2, -0.15) is 0 Å². The van der Waals surface area contributed by atoms with Gasteiger partial charge in [-0.3, -0.25) is 9.79 Å². The van der Waals surface area contributed by atoms with Crippen molar-refractivity contribution in [3.05, 3.63) is 59.7 Å². The second kappa shape index (κ2) is 10.9. The number of benzene rings is 2. The van der Waals surface area contributed by atoms with Crippen LogP contribution in [0.1, 0.15) is 25.0 Å². The van der Waals surface area contributed by atoms with E-state index in [2.05, 4.69) is 20.9 Å². The Labute approximate surface area is 161 Å². The van der Waals surface area contributed by atoms with Crippen LogP contribution < -0.4 is 20.7 Å². The van der Waals surface area contributed by atoms with Crippen molar-refractivity contribution >= 4 is 17.6 Å². The molecular weight excluding hydrogens is 340 g/mol. The summed E-state index contributed by atoms with van der Waals surface area (Å²) in [7, 11) is 1.76. The molecule has 0 unspecified atom stereocenters. The number of anilines is 1. The number of carbonyl (C=O) groups excluding carboxylic acids is 1. The highest BCUT2D eigenvalue weighted by Gasteiger charge is 2.04. The van der Waals surface area contributed by atoms with Crippen LogP contribution in [0.2, 0.25) is 0 Å². The number of hydrogen-bond acceptors (Lipinski definition) is 3. The Bertz CT molecular complexity index is 757. The number of nitrogens with zero attached hydrogens (tertiary/aromatic N) is 1. The van der Waals surface area contributed by atoms with Crippen LogP contribution in [0.4, 0.5) is 5.69 Å². The molecule has 144 valence electrons. The van der Waals surface area contributed by atoms with Crippen molar-refractivity contribution in [3.63, 3.8) is 0 Å². The van der Waals surface area contributed by atoms with Crippen LogP contribution in [0.5, 0.6) is 5.75 Å². The van der Waals surface area contributed by atoms with Crippen molar-refractivity contribution in [3.8, 4) is 5.75 Å². The summed E-state index contributed by atoms with van der Waals surface area (Å²) in [6.07, 6.45) is 0.858. The fourth-order valence-electron chi connectivity index (χ4n) is 2.63. The SMILES string of the molecule is CCOc1ccccc1CNC(=NC)NCCc1ccc(NC(C)=O)cc1. The molecule has 0 aliphatic heterocycles. The van der Waals surface area contributed by atoms with Gasteiger partial charge in [0, 0.05) is 38.3 Å². The zero-order valence-electron chi connectivity index (χ0n) is 16.2. The van der Waals surface area contributed by atoms with E-state index >= 15 is 0 Å². The van der Waals surface area contributed by atoms with Gasteiger partial charge in [0.15, 0.2) is 5.96 Å². The lowest BCUT2D eigenvalue weighted by Crippen LogP contribution is -2.37. The van der Waals surface area contributed by atoms with Crippen molar-refractivity contribution in [2.24, 2.45) is 4.99 Å². The number of guanidine groups is 1. The second-order valence-electron chi connectivity index (χ2n) is 6.02. The summed E-state index contributed by atoms with van der Waals surface area (Å²) < 4.78 is 5.65. The maximum absolute atomic E-state index is 11.1. The van der Waals surface area contributed by atoms with Gasteiger partial charge in [-0.15, -0.1) is 0 Å². The molecule has 0 aromatic heterocycles. The summed E-state index contributed by atoms with van der Waals surface area (Å²) in [4.78, 5) is 15.3. The molecule has 0 saturated carbocycles. The average Bonchev–Trinajstić information content (AvgIpc) is 2.66. The topological polar surface area (TPSA) is 74.8 Å². The maximum Gasteiger partial charge on any atom is 0.221 e. The Morgan fingerprint density at radius 2 is 1.81 bits per heavy atom. The van der Waals surface area contributed by atoms with Crippen LogP contribution in [0.15, 0.2) is 53.5 Å². The van der Waals surface area contributed by atoms with E-state index in [9.17, 15) is 4.79 Å². The molecule has 0 aliphatic carbocycles. The predicted octanol–water partition coefficient (Wildman–Crippen LogP) is 2.95. The molecule has 0 radical (unpaired) electrons. The number of amides is 1. The van der Waals surface area contributed by atoms with Gasteiger partial charge in [-0.25, -0.2) is 0 Å². The lowest BCUT2D eigenvalue weighted by molar-refractivity contribution is -0.114. The number of carbonyl (C=O) groups is 1. The quantitative estimate of drug-likeness (QED) is 0.495. The largest absolute Gasteiger partial charge is 0.494 e. The average molecular weight is 368 g/mol. The molecule has 1 amide bonds. The van der Waals surface area contributed by atoms with Crippen LogP contribution in [0, 0.1) is 0 Å². The molecule has 0 atom stereocenters. The van der Waals surface area contributed by atoms with Crippen molar-refractivity contribution < 1.29 is 9.53 Å². The summed E-state index contributed by atoms with van der Waals surface area (Å²) in [5.41, 5.74) is 3.09. The summed E-state index contributed by atoms with van der Waals surface area (Å²) in [5, 5.41) is 9.40. The molecule has 6 nitrogen and oxygen atoms in total. The van der Waals surface area contributed by atoms with Crippen LogP contribution >= 0.6 is 0 Å². The predicted molar refractivity (Wildman–Crippen MR) is 110 cm³/mol. The highest BCUT2D eigenvalue weighted by Crippen LogP contribution is 2.17. The van der Waals surface area contributed by atoms with Gasteiger partial charge in [0.1, 0.15) is 5.75 Å². The number of para-hydroxylation sites is 1. The third-order valence-corrected chi connectivity index (χ3v) is 3.92. The smallest absolute Gasteiger partial charge is 0.221 e. The molecule has 0 fully saturated rings. The normalized spacial score (nSPS) is 11.0. The fourth-order valence-corrected chi connectivity index (χ4v) is 2.63. The van der Waals surface area contributed by atoms with E-state index < -0.39 is 0 Å². The molecule has 2 aromatic rings. The number of aliphatic imine (C=N–C) groups is 1. The van der Waals surface area contributed by atoms with E-state index in [0.717, 1.165) is 35.9 Å². The molecule has 2 rings (SSSR count). The summed E-state index contributed by atoms with van der Waals surface area (Å²) in [6.45, 7) is 5.52. The molecule has 6 heteroatoms. The summed E-state index contributed by atoms with van der Waals surface area (Å²) in [6, 6.07) is 15.8. The van der Waals surface area contributed by atoms with Crippen LogP contribution in [-0.4, -0.2) is 32.1 Å². The number of rotatable bonds is 8. The maximum atomic E-state index is 11.1. The Balaban J connectivity index is 1.80. The van der Waals surface area contributed by atoms with Gasteiger partial charge in [0.2, 0.25) is 5.91 Å². The van der Waals surface area contributed by atoms with Gasteiger partial charge < -0.3 is 20.7 Å². The van der Waals surface area contributed by atoms with Crippen molar-refractivity contribution in [1.82, 2.24) is 10.6 Å². The van der Waals surface area contributed by atoms with Gasteiger partial charge in [-0.1, -0.05) is 30.3 Å². The van der Waals surface area contributed by atoms with Crippen LogP contribution in [0.25, 0.3) is 0 Å². The van der Waals surface area contributed by atoms with E-state index in [4.69, 9.17) is 4.74 Å². The van der Waals surface area contributed by atoms with Crippen molar-refractivity contribution in [2.75, 3.05) is 25.5 Å². The van der Waals surface area contributed by atoms with Crippen molar-refractivity contribution in [1.29, 1.82) is 0 Å². The molecule has 0 bridgehead atoms. The van der Waals surface area contributed by atoms with E-state index in [1.165, 1.54) is 12.5 Å². The first-order chi connectivity index (χ1) is 13.1. The summed E-state index contributed by atoms with van der Waals surface area (Å²) in [5.74, 6) is 1.57. The molecule has 0 saturated heterocycles. The highest BCUT2D eigenvalue weighted by atomic mass is 16.5. The first-order valence-corrected chi connectivity index (χ1v) is 9.14. The molecule has 3 N–H and O–H groups in total. The fraction of sp³-hybridized carbons (Fsp3) is 0.333. The Hall–Kier alpha value is -3.02. The Kier molecular flexibility index (Phi) is 8.16. The number of hydrogen-bond donors (Lipinski definition) is 3. The highest BCUT2D eigenvalue weighted by molar-refractivity contribution is 5.88. The monoisotopic (exact) mass is 368 g/mol.